The number of hydrogen-bond acceptors (Lipinski definition) is 0. The molecule has 0 aromatic carbocycles. The summed E-state index contributed by atoms with van der Waals surface area (Å²) in [6.07, 6.45) is 12.3. The van der Waals surface area contributed by atoms with Gasteiger partial charge in [-0.2, -0.15) is 0 Å². The van der Waals surface area contributed by atoms with Crippen molar-refractivity contribution in [2.45, 2.75) is 65.2 Å². The Morgan fingerprint density at radius 1 is 1.15 bits per heavy atom. The largest absolute Gasteiger partial charge is 0.0628 e. The van der Waals surface area contributed by atoms with Crippen molar-refractivity contribution in [3.05, 3.63) is 0 Å². The van der Waals surface area contributed by atoms with Gasteiger partial charge in [-0.05, 0) is 55.8 Å². The quantitative estimate of drug-likeness (QED) is 0.591. The van der Waals surface area contributed by atoms with E-state index < -0.39 is 0 Å². The van der Waals surface area contributed by atoms with Crippen LogP contribution in [-0.2, 0) is 0 Å². The van der Waals surface area contributed by atoms with E-state index in [1.165, 1.54) is 25.7 Å². The smallest absolute Gasteiger partial charge is 0.0295 e. The second-order valence-electron chi connectivity index (χ2n) is 5.95. The monoisotopic (exact) mass is 180 g/mol. The molecule has 1 atom stereocenters. The lowest BCUT2D eigenvalue weighted by Gasteiger charge is -2.23. The highest BCUT2D eigenvalue weighted by molar-refractivity contribution is 4.92. The van der Waals surface area contributed by atoms with Gasteiger partial charge in [0.1, 0.15) is 0 Å². The van der Waals surface area contributed by atoms with Crippen molar-refractivity contribution in [1.29, 1.82) is 0 Å². The van der Waals surface area contributed by atoms with E-state index in [9.17, 15) is 0 Å². The normalized spacial score (nSPS) is 32.1. The maximum absolute atomic E-state index is 2.37. The Morgan fingerprint density at radius 3 is 2.46 bits per heavy atom. The minimum atomic E-state index is 0.847. The van der Waals surface area contributed by atoms with Gasteiger partial charge in [-0.3, -0.25) is 0 Å². The molecule has 76 valence electrons. The van der Waals surface area contributed by atoms with E-state index in [4.69, 9.17) is 0 Å². The first kappa shape index (κ1) is 9.55. The molecular formula is C13H24. The SMILES string of the molecule is CC(C)CC1CCC2(CCCC2)C1. The summed E-state index contributed by atoms with van der Waals surface area (Å²) in [4.78, 5) is 0. The van der Waals surface area contributed by atoms with Crippen LogP contribution in [0.25, 0.3) is 0 Å². The topological polar surface area (TPSA) is 0 Å². The van der Waals surface area contributed by atoms with Crippen LogP contribution in [0.5, 0.6) is 0 Å². The summed E-state index contributed by atoms with van der Waals surface area (Å²) in [6.45, 7) is 4.75. The maximum atomic E-state index is 2.37. The van der Waals surface area contributed by atoms with E-state index in [0.29, 0.717) is 0 Å². The van der Waals surface area contributed by atoms with Crippen molar-refractivity contribution in [3.8, 4) is 0 Å². The molecule has 0 bridgehead atoms. The van der Waals surface area contributed by atoms with Crippen molar-refractivity contribution in [3.63, 3.8) is 0 Å². The summed E-state index contributed by atoms with van der Waals surface area (Å²) in [5.74, 6) is 2.00. The van der Waals surface area contributed by atoms with Crippen LogP contribution in [-0.4, -0.2) is 0 Å². The Kier molecular flexibility index (Phi) is 2.67. The number of rotatable bonds is 2. The lowest BCUT2D eigenvalue weighted by atomic mass is 9.82. The molecule has 0 heterocycles. The van der Waals surface area contributed by atoms with Crippen LogP contribution in [0.3, 0.4) is 0 Å². The third kappa shape index (κ3) is 2.08. The van der Waals surface area contributed by atoms with E-state index in [2.05, 4.69) is 13.8 Å². The molecule has 2 aliphatic carbocycles. The molecule has 2 fully saturated rings. The molecule has 13 heavy (non-hydrogen) atoms. The van der Waals surface area contributed by atoms with Crippen LogP contribution >= 0.6 is 0 Å². The van der Waals surface area contributed by atoms with Gasteiger partial charge in [0.2, 0.25) is 0 Å². The first-order valence-electron chi connectivity index (χ1n) is 6.20. The molecule has 2 aliphatic rings. The fourth-order valence-electron chi connectivity index (χ4n) is 3.77. The lowest BCUT2D eigenvalue weighted by Crippen LogP contribution is -2.11. The zero-order chi connectivity index (χ0) is 9.31. The maximum Gasteiger partial charge on any atom is -0.0295 e. The van der Waals surface area contributed by atoms with Gasteiger partial charge in [0, 0.05) is 0 Å². The molecule has 0 aliphatic heterocycles. The predicted molar refractivity (Wildman–Crippen MR) is 57.7 cm³/mol. The molecule has 1 spiro atoms. The van der Waals surface area contributed by atoms with E-state index in [1.807, 2.05) is 0 Å². The molecule has 0 radical (unpaired) electrons. The van der Waals surface area contributed by atoms with Crippen molar-refractivity contribution < 1.29 is 0 Å². The summed E-state index contributed by atoms with van der Waals surface area (Å²) in [6, 6.07) is 0. The molecule has 0 aromatic rings. The first-order chi connectivity index (χ1) is 6.20. The van der Waals surface area contributed by atoms with Crippen molar-refractivity contribution in [1.82, 2.24) is 0 Å². The average Bonchev–Trinajstić information content (AvgIpc) is 2.63. The van der Waals surface area contributed by atoms with Crippen LogP contribution in [0.2, 0.25) is 0 Å². The van der Waals surface area contributed by atoms with Gasteiger partial charge in [0.15, 0.2) is 0 Å². The van der Waals surface area contributed by atoms with E-state index >= 15 is 0 Å². The molecule has 0 aromatic heterocycles. The third-order valence-electron chi connectivity index (χ3n) is 4.27. The molecule has 0 heteroatoms. The standard InChI is InChI=1S/C13H24/c1-11(2)9-12-5-8-13(10-12)6-3-4-7-13/h11-12H,3-10H2,1-2H3. The summed E-state index contributed by atoms with van der Waals surface area (Å²) < 4.78 is 0. The molecule has 1 unspecified atom stereocenters. The Balaban J connectivity index is 1.86. The van der Waals surface area contributed by atoms with Gasteiger partial charge in [-0.15, -0.1) is 0 Å². The summed E-state index contributed by atoms with van der Waals surface area (Å²) in [7, 11) is 0. The van der Waals surface area contributed by atoms with Gasteiger partial charge in [0.05, 0.1) is 0 Å². The molecule has 2 rings (SSSR count). The highest BCUT2D eigenvalue weighted by atomic mass is 14.5. The minimum Gasteiger partial charge on any atom is -0.0628 e. The summed E-state index contributed by atoms with van der Waals surface area (Å²) in [5.41, 5.74) is 0.847. The van der Waals surface area contributed by atoms with Gasteiger partial charge in [-0.25, -0.2) is 0 Å². The Labute approximate surface area is 83.1 Å². The van der Waals surface area contributed by atoms with Crippen LogP contribution in [0.1, 0.15) is 65.2 Å². The van der Waals surface area contributed by atoms with E-state index in [-0.39, 0.29) is 0 Å². The van der Waals surface area contributed by atoms with Gasteiger partial charge in [0.25, 0.3) is 0 Å². The molecule has 0 amide bonds. The van der Waals surface area contributed by atoms with E-state index in [1.54, 1.807) is 25.7 Å². The Bertz CT molecular complexity index is 163. The fourth-order valence-corrected chi connectivity index (χ4v) is 3.77. The first-order valence-corrected chi connectivity index (χ1v) is 6.20. The third-order valence-corrected chi connectivity index (χ3v) is 4.27. The molecule has 0 N–H and O–H groups in total. The van der Waals surface area contributed by atoms with Crippen LogP contribution < -0.4 is 0 Å². The summed E-state index contributed by atoms with van der Waals surface area (Å²) >= 11 is 0. The van der Waals surface area contributed by atoms with Crippen LogP contribution in [0.15, 0.2) is 0 Å². The van der Waals surface area contributed by atoms with Gasteiger partial charge >= 0.3 is 0 Å². The Morgan fingerprint density at radius 2 is 1.85 bits per heavy atom. The lowest BCUT2D eigenvalue weighted by molar-refractivity contribution is 0.284. The molecule has 0 nitrogen and oxygen atoms in total. The zero-order valence-electron chi connectivity index (χ0n) is 9.31. The number of hydrogen-bond donors (Lipinski definition) is 0. The minimum absolute atomic E-state index is 0.847. The Hall–Kier alpha value is 0. The summed E-state index contributed by atoms with van der Waals surface area (Å²) in [5, 5.41) is 0. The van der Waals surface area contributed by atoms with Crippen molar-refractivity contribution in [2.75, 3.05) is 0 Å². The second kappa shape index (κ2) is 3.63. The van der Waals surface area contributed by atoms with Gasteiger partial charge in [-0.1, -0.05) is 26.7 Å². The van der Waals surface area contributed by atoms with Crippen molar-refractivity contribution in [2.24, 2.45) is 17.3 Å². The predicted octanol–water partition coefficient (Wildman–Crippen LogP) is 4.39. The van der Waals surface area contributed by atoms with E-state index in [0.717, 1.165) is 17.3 Å². The highest BCUT2D eigenvalue weighted by Gasteiger charge is 2.40. The van der Waals surface area contributed by atoms with Gasteiger partial charge < -0.3 is 0 Å². The molecular weight excluding hydrogens is 156 g/mol. The molecule has 2 saturated carbocycles. The average molecular weight is 180 g/mol. The zero-order valence-corrected chi connectivity index (χ0v) is 9.31. The van der Waals surface area contributed by atoms with Crippen molar-refractivity contribution >= 4 is 0 Å². The fraction of sp³-hybridized carbons (Fsp3) is 1.00. The highest BCUT2D eigenvalue weighted by Crippen LogP contribution is 2.53. The van der Waals surface area contributed by atoms with Crippen LogP contribution in [0.4, 0.5) is 0 Å². The second-order valence-corrected chi connectivity index (χ2v) is 5.95. The molecule has 0 saturated heterocycles. The van der Waals surface area contributed by atoms with Crippen LogP contribution in [0, 0.1) is 17.3 Å².